The van der Waals surface area contributed by atoms with Gasteiger partial charge < -0.3 is 0 Å². The van der Waals surface area contributed by atoms with Gasteiger partial charge in [0, 0.05) is 27.4 Å². The highest BCUT2D eigenvalue weighted by molar-refractivity contribution is 9.10. The van der Waals surface area contributed by atoms with Crippen LogP contribution in [0.25, 0.3) is 0 Å². The predicted molar refractivity (Wildman–Crippen MR) is 68.0 cm³/mol. The molecule has 0 aromatic carbocycles. The first-order chi connectivity index (χ1) is 7.47. The monoisotopic (exact) mass is 305 g/mol. The summed E-state index contributed by atoms with van der Waals surface area (Å²) in [5.41, 5.74) is 0. The number of aromatic nitrogens is 2. The fraction of sp³-hybridized carbons (Fsp3) is 0.700. The second kappa shape index (κ2) is 4.49. The molecule has 0 amide bonds. The van der Waals surface area contributed by atoms with Crippen LogP contribution in [0.5, 0.6) is 0 Å². The molecule has 0 bridgehead atoms. The van der Waals surface area contributed by atoms with Crippen molar-refractivity contribution in [3.05, 3.63) is 16.9 Å². The quantitative estimate of drug-likeness (QED) is 0.913. The molecule has 3 atom stereocenters. The first-order valence-electron chi connectivity index (χ1n) is 5.39. The highest BCUT2D eigenvalue weighted by Gasteiger charge is 2.28. The van der Waals surface area contributed by atoms with Gasteiger partial charge in [0.05, 0.1) is 16.7 Å². The third kappa shape index (κ3) is 2.66. The maximum absolute atomic E-state index is 11.8. The van der Waals surface area contributed by atoms with Crippen LogP contribution in [-0.4, -0.2) is 25.5 Å². The number of nitrogens with one attached hydrogen (secondary N) is 1. The normalized spacial score (nSPS) is 29.9. The van der Waals surface area contributed by atoms with Crippen LogP contribution in [0.15, 0.2) is 16.9 Å². The molecule has 2 rings (SSSR count). The van der Waals surface area contributed by atoms with Gasteiger partial charge in [0.15, 0.2) is 0 Å². The van der Waals surface area contributed by atoms with Crippen molar-refractivity contribution >= 4 is 25.7 Å². The van der Waals surface area contributed by atoms with Gasteiger partial charge in [0.1, 0.15) is 0 Å². The van der Waals surface area contributed by atoms with Crippen LogP contribution in [-0.2, 0) is 9.73 Å². The lowest BCUT2D eigenvalue weighted by Gasteiger charge is -2.29. The van der Waals surface area contributed by atoms with Gasteiger partial charge >= 0.3 is 0 Å². The number of hydrogen-bond donors (Lipinski definition) is 1. The molecule has 1 aromatic rings. The van der Waals surface area contributed by atoms with Crippen LogP contribution in [0.3, 0.4) is 0 Å². The third-order valence-corrected chi connectivity index (χ3v) is 5.29. The van der Waals surface area contributed by atoms with Crippen LogP contribution in [0.2, 0.25) is 0 Å². The molecule has 6 heteroatoms. The number of halogens is 1. The first-order valence-corrected chi connectivity index (χ1v) is 8.21. The van der Waals surface area contributed by atoms with Crippen molar-refractivity contribution in [3.8, 4) is 0 Å². The van der Waals surface area contributed by atoms with E-state index in [0.717, 1.165) is 30.2 Å². The van der Waals surface area contributed by atoms with Gasteiger partial charge in [-0.1, -0.05) is 6.42 Å². The minimum absolute atomic E-state index is 0.0224. The van der Waals surface area contributed by atoms with E-state index in [9.17, 15) is 4.21 Å². The molecule has 1 N–H and O–H groups in total. The summed E-state index contributed by atoms with van der Waals surface area (Å²) < 4.78 is 22.3. The van der Waals surface area contributed by atoms with Crippen molar-refractivity contribution in [2.75, 3.05) is 6.26 Å². The third-order valence-electron chi connectivity index (χ3n) is 3.18. The molecule has 3 unspecified atom stereocenters. The van der Waals surface area contributed by atoms with E-state index < -0.39 is 9.73 Å². The van der Waals surface area contributed by atoms with Crippen molar-refractivity contribution in [2.24, 2.45) is 0 Å². The maximum atomic E-state index is 11.8. The van der Waals surface area contributed by atoms with Gasteiger partial charge in [-0.05, 0) is 35.2 Å². The molecule has 0 radical (unpaired) electrons. The summed E-state index contributed by atoms with van der Waals surface area (Å²) in [5, 5.41) is 4.29. The van der Waals surface area contributed by atoms with Gasteiger partial charge in [-0.3, -0.25) is 9.46 Å². The maximum Gasteiger partial charge on any atom is 0.0632 e. The molecule has 0 saturated heterocycles. The molecule has 1 saturated carbocycles. The number of rotatable bonds is 2. The summed E-state index contributed by atoms with van der Waals surface area (Å²) in [7, 11) is -2.41. The standard InChI is InChI=1S/C10H16BrN3OS/c1-16(12,15)10-4-2-3-9(5-10)14-7-8(11)6-13-14/h6-7,9-10,12H,2-5H2,1H3. The highest BCUT2D eigenvalue weighted by Crippen LogP contribution is 2.32. The lowest BCUT2D eigenvalue weighted by Crippen LogP contribution is -2.28. The van der Waals surface area contributed by atoms with Crippen molar-refractivity contribution in [1.82, 2.24) is 9.78 Å². The van der Waals surface area contributed by atoms with Crippen LogP contribution < -0.4 is 0 Å². The lowest BCUT2D eigenvalue weighted by atomic mass is 9.95. The highest BCUT2D eigenvalue weighted by atomic mass is 79.9. The minimum atomic E-state index is -2.41. The molecule has 0 spiro atoms. The van der Waals surface area contributed by atoms with Crippen LogP contribution >= 0.6 is 15.9 Å². The number of nitrogens with zero attached hydrogens (tertiary/aromatic N) is 2. The SMILES string of the molecule is CS(=N)(=O)C1CCCC(n2cc(Br)cn2)C1. The summed E-state index contributed by atoms with van der Waals surface area (Å²) in [6, 6.07) is 0.302. The molecular formula is C10H16BrN3OS. The van der Waals surface area contributed by atoms with Crippen LogP contribution in [0.4, 0.5) is 0 Å². The van der Waals surface area contributed by atoms with Gasteiger partial charge in [0.2, 0.25) is 0 Å². The van der Waals surface area contributed by atoms with Gasteiger partial charge in [-0.25, -0.2) is 4.21 Å². The Morgan fingerprint density at radius 3 is 2.94 bits per heavy atom. The Bertz CT molecular complexity index is 468. The zero-order chi connectivity index (χ0) is 11.8. The molecule has 1 aliphatic carbocycles. The van der Waals surface area contributed by atoms with E-state index in [1.807, 2.05) is 10.9 Å². The fourth-order valence-corrected chi connectivity index (χ4v) is 3.79. The first kappa shape index (κ1) is 12.1. The zero-order valence-electron chi connectivity index (χ0n) is 9.23. The van der Waals surface area contributed by atoms with Gasteiger partial charge in [-0.15, -0.1) is 0 Å². The lowest BCUT2D eigenvalue weighted by molar-refractivity contribution is 0.332. The average molecular weight is 306 g/mol. The predicted octanol–water partition coefficient (Wildman–Crippen LogP) is 2.81. The summed E-state index contributed by atoms with van der Waals surface area (Å²) in [5.74, 6) is 0. The second-order valence-electron chi connectivity index (χ2n) is 4.48. The average Bonchev–Trinajstić information content (AvgIpc) is 2.64. The Hall–Kier alpha value is -0.360. The smallest absolute Gasteiger partial charge is 0.0632 e. The summed E-state index contributed by atoms with van der Waals surface area (Å²) in [6.45, 7) is 0. The molecular weight excluding hydrogens is 290 g/mol. The Kier molecular flexibility index (Phi) is 3.39. The molecule has 90 valence electrons. The molecule has 1 aliphatic rings. The largest absolute Gasteiger partial charge is 0.268 e. The van der Waals surface area contributed by atoms with Crippen LogP contribution in [0, 0.1) is 4.78 Å². The summed E-state index contributed by atoms with van der Waals surface area (Å²) in [4.78, 5) is 0. The summed E-state index contributed by atoms with van der Waals surface area (Å²) in [6.07, 6.45) is 9.11. The minimum Gasteiger partial charge on any atom is -0.268 e. The van der Waals surface area contributed by atoms with E-state index >= 15 is 0 Å². The second-order valence-corrected chi connectivity index (χ2v) is 7.88. The van der Waals surface area contributed by atoms with Crippen LogP contribution in [0.1, 0.15) is 31.7 Å². The summed E-state index contributed by atoms with van der Waals surface area (Å²) >= 11 is 3.38. The van der Waals surface area contributed by atoms with E-state index in [4.69, 9.17) is 4.78 Å². The van der Waals surface area contributed by atoms with E-state index in [2.05, 4.69) is 21.0 Å². The van der Waals surface area contributed by atoms with Crippen molar-refractivity contribution in [3.63, 3.8) is 0 Å². The Balaban J connectivity index is 2.13. The van der Waals surface area contributed by atoms with E-state index in [1.165, 1.54) is 0 Å². The molecule has 1 heterocycles. The van der Waals surface area contributed by atoms with Gasteiger partial charge in [0.25, 0.3) is 0 Å². The fourth-order valence-electron chi connectivity index (χ4n) is 2.28. The van der Waals surface area contributed by atoms with Crippen molar-refractivity contribution in [1.29, 1.82) is 4.78 Å². The zero-order valence-corrected chi connectivity index (χ0v) is 11.6. The molecule has 16 heavy (non-hydrogen) atoms. The molecule has 1 aromatic heterocycles. The van der Waals surface area contributed by atoms with E-state index in [1.54, 1.807) is 12.5 Å². The van der Waals surface area contributed by atoms with E-state index in [0.29, 0.717) is 6.04 Å². The van der Waals surface area contributed by atoms with Crippen molar-refractivity contribution in [2.45, 2.75) is 37.0 Å². The molecule has 4 nitrogen and oxygen atoms in total. The Morgan fingerprint density at radius 1 is 1.62 bits per heavy atom. The Labute approximate surface area is 105 Å². The number of hydrogen-bond acceptors (Lipinski definition) is 3. The topological polar surface area (TPSA) is 58.7 Å². The van der Waals surface area contributed by atoms with E-state index in [-0.39, 0.29) is 5.25 Å². The molecule has 0 aliphatic heterocycles. The molecule has 1 fully saturated rings. The van der Waals surface area contributed by atoms with Crippen molar-refractivity contribution < 1.29 is 4.21 Å². The Morgan fingerprint density at radius 2 is 2.38 bits per heavy atom. The van der Waals surface area contributed by atoms with Gasteiger partial charge in [-0.2, -0.15) is 5.10 Å².